The summed E-state index contributed by atoms with van der Waals surface area (Å²) in [5, 5.41) is 0.821. The molecule has 0 heterocycles. The second kappa shape index (κ2) is 2.88. The molecule has 0 spiro atoms. The molecule has 0 aromatic rings. The van der Waals surface area contributed by atoms with Crippen LogP contribution in [0.25, 0.3) is 0 Å². The predicted octanol–water partition coefficient (Wildman–Crippen LogP) is 3.02. The van der Waals surface area contributed by atoms with Crippen LogP contribution >= 0.6 is 11.6 Å². The van der Waals surface area contributed by atoms with Crippen LogP contribution in [0.4, 0.5) is 0 Å². The van der Waals surface area contributed by atoms with Crippen molar-refractivity contribution in [3.8, 4) is 0 Å². The molecule has 0 N–H and O–H groups in total. The maximum absolute atomic E-state index is 5.75. The van der Waals surface area contributed by atoms with Crippen molar-refractivity contribution in [2.75, 3.05) is 0 Å². The Hall–Kier alpha value is -0.490. The van der Waals surface area contributed by atoms with E-state index in [0.717, 1.165) is 11.5 Å². The molecule has 0 radical (unpaired) electrons. The molecule has 0 aromatic heterocycles. The van der Waals surface area contributed by atoms with Crippen molar-refractivity contribution < 1.29 is 0 Å². The van der Waals surface area contributed by atoms with Crippen LogP contribution < -0.4 is 0 Å². The molecule has 0 bridgehead atoms. The molecule has 9 heavy (non-hydrogen) atoms. The standard InChI is InChI=1S/C8H9Cl/c1-7-4-2-3-5-8(9)6-7/h2-3,5-6H,4H2,1H3. The number of rotatable bonds is 0. The molecule has 0 fully saturated rings. The molecule has 1 aliphatic carbocycles. The van der Waals surface area contributed by atoms with Gasteiger partial charge in [0.15, 0.2) is 0 Å². The van der Waals surface area contributed by atoms with Crippen LogP contribution in [0.1, 0.15) is 13.3 Å². The summed E-state index contributed by atoms with van der Waals surface area (Å²) in [7, 11) is 0. The highest BCUT2D eigenvalue weighted by molar-refractivity contribution is 6.31. The van der Waals surface area contributed by atoms with Gasteiger partial charge in [-0.3, -0.25) is 0 Å². The van der Waals surface area contributed by atoms with Crippen LogP contribution in [0.2, 0.25) is 0 Å². The zero-order valence-corrected chi connectivity index (χ0v) is 6.15. The fourth-order valence-corrected chi connectivity index (χ4v) is 1.02. The van der Waals surface area contributed by atoms with Crippen LogP contribution in [0.15, 0.2) is 34.9 Å². The molecule has 1 rings (SSSR count). The van der Waals surface area contributed by atoms with E-state index in [-0.39, 0.29) is 0 Å². The minimum Gasteiger partial charge on any atom is -0.0843 e. The van der Waals surface area contributed by atoms with E-state index >= 15 is 0 Å². The monoisotopic (exact) mass is 140 g/mol. The number of allylic oxidation sites excluding steroid dienone is 6. The summed E-state index contributed by atoms with van der Waals surface area (Å²) < 4.78 is 0. The topological polar surface area (TPSA) is 0 Å². The van der Waals surface area contributed by atoms with E-state index in [1.54, 1.807) is 0 Å². The highest BCUT2D eigenvalue weighted by atomic mass is 35.5. The molecule has 0 aliphatic heterocycles. The molecule has 0 saturated heterocycles. The summed E-state index contributed by atoms with van der Waals surface area (Å²) in [6.45, 7) is 2.08. The van der Waals surface area contributed by atoms with Crippen LogP contribution in [-0.2, 0) is 0 Å². The van der Waals surface area contributed by atoms with Gasteiger partial charge in [0, 0.05) is 5.03 Å². The lowest BCUT2D eigenvalue weighted by Gasteiger charge is -1.89. The summed E-state index contributed by atoms with van der Waals surface area (Å²) in [4.78, 5) is 0. The molecule has 1 heteroatoms. The van der Waals surface area contributed by atoms with Crippen molar-refractivity contribution in [2.45, 2.75) is 13.3 Å². The second-order valence-electron chi connectivity index (χ2n) is 2.17. The van der Waals surface area contributed by atoms with Gasteiger partial charge in [-0.25, -0.2) is 0 Å². The molecule has 0 aromatic carbocycles. The molecule has 0 amide bonds. The number of halogens is 1. The smallest absolute Gasteiger partial charge is 0.0405 e. The zero-order chi connectivity index (χ0) is 6.69. The first-order valence-electron chi connectivity index (χ1n) is 2.98. The van der Waals surface area contributed by atoms with E-state index in [0.29, 0.717) is 0 Å². The van der Waals surface area contributed by atoms with Gasteiger partial charge >= 0.3 is 0 Å². The highest BCUT2D eigenvalue weighted by Crippen LogP contribution is 2.13. The van der Waals surface area contributed by atoms with Crippen molar-refractivity contribution in [1.29, 1.82) is 0 Å². The van der Waals surface area contributed by atoms with Gasteiger partial charge in [-0.15, -0.1) is 0 Å². The summed E-state index contributed by atoms with van der Waals surface area (Å²) in [6, 6.07) is 0. The van der Waals surface area contributed by atoms with E-state index in [1.165, 1.54) is 5.57 Å². The van der Waals surface area contributed by atoms with Crippen molar-refractivity contribution >= 4 is 11.6 Å². The average Bonchev–Trinajstić information content (AvgIpc) is 1.93. The molecule has 48 valence electrons. The first-order chi connectivity index (χ1) is 4.29. The SMILES string of the molecule is CC1=CC(Cl)=CC=CC1. The Bertz CT molecular complexity index is 185. The zero-order valence-electron chi connectivity index (χ0n) is 5.39. The number of hydrogen-bond acceptors (Lipinski definition) is 0. The summed E-state index contributed by atoms with van der Waals surface area (Å²) in [5.41, 5.74) is 1.31. The summed E-state index contributed by atoms with van der Waals surface area (Å²) in [5.74, 6) is 0. The molecule has 0 atom stereocenters. The van der Waals surface area contributed by atoms with Gasteiger partial charge in [0.2, 0.25) is 0 Å². The van der Waals surface area contributed by atoms with Gasteiger partial charge in [0.25, 0.3) is 0 Å². The lowest BCUT2D eigenvalue weighted by molar-refractivity contribution is 1.22. The summed E-state index contributed by atoms with van der Waals surface area (Å²) >= 11 is 5.75. The minimum atomic E-state index is 0.821. The Kier molecular flexibility index (Phi) is 2.12. The number of hydrogen-bond donors (Lipinski definition) is 0. The maximum atomic E-state index is 5.75. The van der Waals surface area contributed by atoms with E-state index < -0.39 is 0 Å². The summed E-state index contributed by atoms with van der Waals surface area (Å²) in [6.07, 6.45) is 8.99. The fourth-order valence-electron chi connectivity index (χ4n) is 0.756. The lowest BCUT2D eigenvalue weighted by atomic mass is 10.2. The average molecular weight is 141 g/mol. The maximum Gasteiger partial charge on any atom is 0.0405 e. The van der Waals surface area contributed by atoms with E-state index in [2.05, 4.69) is 13.0 Å². The van der Waals surface area contributed by atoms with Crippen molar-refractivity contribution in [1.82, 2.24) is 0 Å². The quantitative estimate of drug-likeness (QED) is 0.485. The fraction of sp³-hybridized carbons (Fsp3) is 0.250. The highest BCUT2D eigenvalue weighted by Gasteiger charge is 1.91. The van der Waals surface area contributed by atoms with Gasteiger partial charge in [-0.05, 0) is 25.5 Å². The third-order valence-corrected chi connectivity index (χ3v) is 1.45. The molecule has 0 unspecified atom stereocenters. The molecule has 0 nitrogen and oxygen atoms in total. The minimum absolute atomic E-state index is 0.821. The van der Waals surface area contributed by atoms with Crippen molar-refractivity contribution in [2.24, 2.45) is 0 Å². The third-order valence-electron chi connectivity index (χ3n) is 1.22. The largest absolute Gasteiger partial charge is 0.0843 e. The van der Waals surface area contributed by atoms with E-state index in [1.807, 2.05) is 18.2 Å². The van der Waals surface area contributed by atoms with Crippen LogP contribution in [0.3, 0.4) is 0 Å². The van der Waals surface area contributed by atoms with Crippen LogP contribution in [0.5, 0.6) is 0 Å². The van der Waals surface area contributed by atoms with Crippen molar-refractivity contribution in [3.05, 3.63) is 34.9 Å². The van der Waals surface area contributed by atoms with Gasteiger partial charge in [0.1, 0.15) is 0 Å². The Balaban J connectivity index is 2.82. The van der Waals surface area contributed by atoms with Gasteiger partial charge in [-0.2, -0.15) is 0 Å². The third kappa shape index (κ3) is 2.06. The van der Waals surface area contributed by atoms with E-state index in [4.69, 9.17) is 11.6 Å². The van der Waals surface area contributed by atoms with E-state index in [9.17, 15) is 0 Å². The first kappa shape index (κ1) is 6.63. The first-order valence-corrected chi connectivity index (χ1v) is 3.36. The van der Waals surface area contributed by atoms with Crippen LogP contribution in [-0.4, -0.2) is 0 Å². The normalized spacial score (nSPS) is 18.4. The molecule has 0 saturated carbocycles. The second-order valence-corrected chi connectivity index (χ2v) is 2.61. The molecular weight excluding hydrogens is 132 g/mol. The van der Waals surface area contributed by atoms with Gasteiger partial charge in [-0.1, -0.05) is 29.3 Å². The Morgan fingerprint density at radius 1 is 1.56 bits per heavy atom. The predicted molar refractivity (Wildman–Crippen MR) is 41.5 cm³/mol. The lowest BCUT2D eigenvalue weighted by Crippen LogP contribution is -1.69. The van der Waals surface area contributed by atoms with Gasteiger partial charge < -0.3 is 0 Å². The van der Waals surface area contributed by atoms with Crippen molar-refractivity contribution in [3.63, 3.8) is 0 Å². The molecular formula is C8H9Cl. The molecule has 1 aliphatic rings. The van der Waals surface area contributed by atoms with Crippen LogP contribution in [0, 0.1) is 0 Å². The Labute approximate surface area is 60.5 Å². The van der Waals surface area contributed by atoms with Gasteiger partial charge in [0.05, 0.1) is 0 Å². The Morgan fingerprint density at radius 3 is 3.11 bits per heavy atom. The Morgan fingerprint density at radius 2 is 2.33 bits per heavy atom.